The number of ether oxygens (including phenoxy) is 1. The SMILES string of the molecule is CCCNC(=O)NC(=O)COc1ccccc1NC(C)=O. The molecule has 0 aliphatic rings. The highest BCUT2D eigenvalue weighted by molar-refractivity contribution is 5.95. The van der Waals surface area contributed by atoms with E-state index in [2.05, 4.69) is 16.0 Å². The Morgan fingerprint density at radius 3 is 2.57 bits per heavy atom. The molecular formula is C14H19N3O4. The summed E-state index contributed by atoms with van der Waals surface area (Å²) in [6, 6.07) is 6.17. The highest BCUT2D eigenvalue weighted by Gasteiger charge is 2.10. The molecule has 0 fully saturated rings. The van der Waals surface area contributed by atoms with Crippen molar-refractivity contribution < 1.29 is 19.1 Å². The number of para-hydroxylation sites is 2. The van der Waals surface area contributed by atoms with Crippen LogP contribution in [-0.4, -0.2) is 31.0 Å². The monoisotopic (exact) mass is 293 g/mol. The fraction of sp³-hybridized carbons (Fsp3) is 0.357. The van der Waals surface area contributed by atoms with Crippen LogP contribution in [0.3, 0.4) is 0 Å². The van der Waals surface area contributed by atoms with E-state index in [1.807, 2.05) is 6.92 Å². The van der Waals surface area contributed by atoms with Gasteiger partial charge in [-0.25, -0.2) is 4.79 Å². The minimum atomic E-state index is -0.568. The van der Waals surface area contributed by atoms with Crippen LogP contribution in [-0.2, 0) is 9.59 Å². The van der Waals surface area contributed by atoms with E-state index >= 15 is 0 Å². The van der Waals surface area contributed by atoms with Crippen LogP contribution in [0, 0.1) is 0 Å². The van der Waals surface area contributed by atoms with Crippen LogP contribution in [0.4, 0.5) is 10.5 Å². The van der Waals surface area contributed by atoms with Crippen LogP contribution in [0.5, 0.6) is 5.75 Å². The van der Waals surface area contributed by atoms with Gasteiger partial charge < -0.3 is 15.4 Å². The van der Waals surface area contributed by atoms with E-state index in [1.54, 1.807) is 24.3 Å². The van der Waals surface area contributed by atoms with Gasteiger partial charge in [-0.05, 0) is 18.6 Å². The molecule has 0 saturated carbocycles. The van der Waals surface area contributed by atoms with Gasteiger partial charge in [-0.3, -0.25) is 14.9 Å². The molecular weight excluding hydrogens is 274 g/mol. The average Bonchev–Trinajstić information content (AvgIpc) is 2.43. The number of rotatable bonds is 6. The molecule has 0 aliphatic carbocycles. The normalized spacial score (nSPS) is 9.62. The second-order valence-corrected chi connectivity index (χ2v) is 4.27. The van der Waals surface area contributed by atoms with Gasteiger partial charge in [-0.1, -0.05) is 19.1 Å². The predicted octanol–water partition coefficient (Wildman–Crippen LogP) is 1.26. The van der Waals surface area contributed by atoms with Crippen molar-refractivity contribution in [1.82, 2.24) is 10.6 Å². The van der Waals surface area contributed by atoms with Gasteiger partial charge in [-0.2, -0.15) is 0 Å². The molecule has 0 atom stereocenters. The molecule has 3 N–H and O–H groups in total. The van der Waals surface area contributed by atoms with Crippen LogP contribution in [0.15, 0.2) is 24.3 Å². The van der Waals surface area contributed by atoms with Gasteiger partial charge in [0, 0.05) is 13.5 Å². The molecule has 0 unspecified atom stereocenters. The van der Waals surface area contributed by atoms with Crippen molar-refractivity contribution in [3.05, 3.63) is 24.3 Å². The van der Waals surface area contributed by atoms with Crippen LogP contribution in [0.1, 0.15) is 20.3 Å². The average molecular weight is 293 g/mol. The summed E-state index contributed by atoms with van der Waals surface area (Å²) in [5.41, 5.74) is 0.466. The fourth-order valence-electron chi connectivity index (χ4n) is 1.47. The number of carbonyl (C=O) groups is 3. The fourth-order valence-corrected chi connectivity index (χ4v) is 1.47. The maximum atomic E-state index is 11.5. The van der Waals surface area contributed by atoms with Crippen LogP contribution < -0.4 is 20.7 Å². The highest BCUT2D eigenvalue weighted by Crippen LogP contribution is 2.23. The third-order valence-corrected chi connectivity index (χ3v) is 2.35. The smallest absolute Gasteiger partial charge is 0.321 e. The number of imide groups is 1. The van der Waals surface area contributed by atoms with E-state index in [0.29, 0.717) is 18.0 Å². The van der Waals surface area contributed by atoms with E-state index < -0.39 is 11.9 Å². The largest absolute Gasteiger partial charge is 0.482 e. The lowest BCUT2D eigenvalue weighted by molar-refractivity contribution is -0.122. The Bertz CT molecular complexity index is 517. The molecule has 0 aromatic heterocycles. The lowest BCUT2D eigenvalue weighted by atomic mass is 10.3. The lowest BCUT2D eigenvalue weighted by Crippen LogP contribution is -2.41. The topological polar surface area (TPSA) is 96.5 Å². The van der Waals surface area contributed by atoms with Crippen molar-refractivity contribution in [2.45, 2.75) is 20.3 Å². The van der Waals surface area contributed by atoms with E-state index in [-0.39, 0.29) is 12.5 Å². The molecule has 0 bridgehead atoms. The third-order valence-electron chi connectivity index (χ3n) is 2.35. The first-order chi connectivity index (χ1) is 10.0. The van der Waals surface area contributed by atoms with E-state index in [9.17, 15) is 14.4 Å². The molecule has 1 aromatic rings. The van der Waals surface area contributed by atoms with E-state index in [4.69, 9.17) is 4.74 Å². The maximum absolute atomic E-state index is 11.5. The van der Waals surface area contributed by atoms with Gasteiger partial charge in [0.05, 0.1) is 5.69 Å². The molecule has 1 rings (SSSR count). The summed E-state index contributed by atoms with van der Waals surface area (Å²) < 4.78 is 5.30. The Kier molecular flexibility index (Phi) is 6.73. The van der Waals surface area contributed by atoms with Gasteiger partial charge >= 0.3 is 6.03 Å². The zero-order valence-corrected chi connectivity index (χ0v) is 12.1. The highest BCUT2D eigenvalue weighted by atomic mass is 16.5. The summed E-state index contributed by atoms with van der Waals surface area (Å²) >= 11 is 0. The van der Waals surface area contributed by atoms with Crippen molar-refractivity contribution in [2.24, 2.45) is 0 Å². The molecule has 0 radical (unpaired) electrons. The van der Waals surface area contributed by atoms with Crippen LogP contribution >= 0.6 is 0 Å². The summed E-state index contributed by atoms with van der Waals surface area (Å²) in [6.07, 6.45) is 0.780. The van der Waals surface area contributed by atoms with Gasteiger partial charge in [0.2, 0.25) is 5.91 Å². The first kappa shape index (κ1) is 16.5. The number of amides is 4. The lowest BCUT2D eigenvalue weighted by Gasteiger charge is -2.11. The van der Waals surface area contributed by atoms with Crippen LogP contribution in [0.2, 0.25) is 0 Å². The summed E-state index contributed by atoms with van der Waals surface area (Å²) in [5.74, 6) is -0.451. The number of hydrogen-bond acceptors (Lipinski definition) is 4. The first-order valence-corrected chi connectivity index (χ1v) is 6.60. The number of benzene rings is 1. The van der Waals surface area contributed by atoms with Crippen LogP contribution in [0.25, 0.3) is 0 Å². The Labute approximate surface area is 123 Å². The van der Waals surface area contributed by atoms with Crippen molar-refractivity contribution in [1.29, 1.82) is 0 Å². The second-order valence-electron chi connectivity index (χ2n) is 4.27. The standard InChI is InChI=1S/C14H19N3O4/c1-3-8-15-14(20)17-13(19)9-21-12-7-5-4-6-11(12)16-10(2)18/h4-7H,3,8-9H2,1-2H3,(H,16,18)(H2,15,17,19,20). The molecule has 0 aliphatic heterocycles. The molecule has 1 aromatic carbocycles. The molecule has 7 nitrogen and oxygen atoms in total. The number of anilines is 1. The van der Waals surface area contributed by atoms with Crippen molar-refractivity contribution >= 4 is 23.5 Å². The summed E-state index contributed by atoms with van der Waals surface area (Å²) in [5, 5.41) is 7.25. The molecule has 0 saturated heterocycles. The van der Waals surface area contributed by atoms with Crippen molar-refractivity contribution in [3.63, 3.8) is 0 Å². The number of carbonyl (C=O) groups excluding carboxylic acids is 3. The van der Waals surface area contributed by atoms with Gasteiger partial charge in [-0.15, -0.1) is 0 Å². The van der Waals surface area contributed by atoms with Crippen molar-refractivity contribution in [3.8, 4) is 5.75 Å². The Morgan fingerprint density at radius 1 is 1.19 bits per heavy atom. The minimum absolute atomic E-state index is 0.241. The predicted molar refractivity (Wildman–Crippen MR) is 78.1 cm³/mol. The summed E-state index contributed by atoms with van der Waals surface area (Å²) in [7, 11) is 0. The first-order valence-electron chi connectivity index (χ1n) is 6.60. The summed E-state index contributed by atoms with van der Waals surface area (Å²) in [6.45, 7) is 3.45. The third kappa shape index (κ3) is 6.42. The molecule has 114 valence electrons. The number of nitrogens with one attached hydrogen (secondary N) is 3. The van der Waals surface area contributed by atoms with E-state index in [0.717, 1.165) is 6.42 Å². The van der Waals surface area contributed by atoms with E-state index in [1.165, 1.54) is 6.92 Å². The Balaban J connectivity index is 2.49. The summed E-state index contributed by atoms with van der Waals surface area (Å²) in [4.78, 5) is 33.9. The zero-order valence-electron chi connectivity index (χ0n) is 12.1. The Morgan fingerprint density at radius 2 is 1.90 bits per heavy atom. The quantitative estimate of drug-likeness (QED) is 0.735. The molecule has 4 amide bonds. The number of urea groups is 1. The van der Waals surface area contributed by atoms with Gasteiger partial charge in [0.15, 0.2) is 6.61 Å². The molecule has 0 spiro atoms. The molecule has 0 heterocycles. The second kappa shape index (κ2) is 8.57. The van der Waals surface area contributed by atoms with Gasteiger partial charge in [0.1, 0.15) is 5.75 Å². The van der Waals surface area contributed by atoms with Crippen molar-refractivity contribution in [2.75, 3.05) is 18.5 Å². The molecule has 7 heteroatoms. The van der Waals surface area contributed by atoms with Gasteiger partial charge in [0.25, 0.3) is 5.91 Å². The Hall–Kier alpha value is -2.57. The minimum Gasteiger partial charge on any atom is -0.482 e. The maximum Gasteiger partial charge on any atom is 0.321 e. The number of hydrogen-bond donors (Lipinski definition) is 3. The zero-order chi connectivity index (χ0) is 15.7. The molecule has 21 heavy (non-hydrogen) atoms.